The van der Waals surface area contributed by atoms with Crippen LogP contribution >= 0.6 is 31.9 Å². The minimum absolute atomic E-state index is 0. The molecule has 0 aliphatic carbocycles. The first kappa shape index (κ1) is 50.2. The van der Waals surface area contributed by atoms with Crippen molar-refractivity contribution in [1.29, 1.82) is 0 Å². The minimum atomic E-state index is -0.554. The van der Waals surface area contributed by atoms with Crippen molar-refractivity contribution in [2.75, 3.05) is 45.0 Å². The molecule has 6 rings (SSSR count). The molecule has 2 aromatic rings. The Balaban J connectivity index is 0.000000318. The van der Waals surface area contributed by atoms with Crippen molar-refractivity contribution < 1.29 is 46.8 Å². The molecule has 2 spiro atoms. The third-order valence-corrected chi connectivity index (χ3v) is 11.4. The Morgan fingerprint density at radius 3 is 1.52 bits per heavy atom. The third-order valence-electron chi connectivity index (χ3n) is 10.2. The summed E-state index contributed by atoms with van der Waals surface area (Å²) in [5.74, 6) is -1.13. The van der Waals surface area contributed by atoms with E-state index in [0.29, 0.717) is 17.6 Å². The predicted octanol–water partition coefficient (Wildman–Crippen LogP) is 11.6. The van der Waals surface area contributed by atoms with Gasteiger partial charge < -0.3 is 28.4 Å². The van der Waals surface area contributed by atoms with Gasteiger partial charge in [0.15, 0.2) is 0 Å². The molecule has 0 saturated carbocycles. The summed E-state index contributed by atoms with van der Waals surface area (Å²) in [6.45, 7) is 15.8. The van der Waals surface area contributed by atoms with Crippen LogP contribution in [0, 0.1) is 22.5 Å². The van der Waals surface area contributed by atoms with Crippen molar-refractivity contribution >= 4 is 43.8 Å². The summed E-state index contributed by atoms with van der Waals surface area (Å²) in [5, 5.41) is 0.268. The molecule has 4 fully saturated rings. The molecule has 4 aliphatic heterocycles. The fraction of sp³-hybridized carbons (Fsp3) is 0.682. The Bertz CT molecular complexity index is 1510. The molecule has 2 aromatic carbocycles. The average molecular weight is 921 g/mol. The van der Waals surface area contributed by atoms with Gasteiger partial charge in [-0.3, -0.25) is 9.59 Å². The Morgan fingerprint density at radius 2 is 1.12 bits per heavy atom. The maximum Gasteiger partial charge on any atom is 0.317 e. The van der Waals surface area contributed by atoms with Gasteiger partial charge in [-0.2, -0.15) is 0 Å². The first-order valence-electron chi connectivity index (χ1n) is 19.0. The second-order valence-electron chi connectivity index (χ2n) is 16.9. The molecule has 0 bridgehead atoms. The molecule has 2 unspecified atom stereocenters. The van der Waals surface area contributed by atoms with Gasteiger partial charge in [0.05, 0.1) is 31.8 Å². The molecule has 318 valence electrons. The van der Waals surface area contributed by atoms with E-state index in [1.807, 2.05) is 47.6 Å². The van der Waals surface area contributed by atoms with Crippen LogP contribution in [0.15, 0.2) is 40.9 Å². The van der Waals surface area contributed by atoms with Crippen LogP contribution < -0.4 is 0 Å². The van der Waals surface area contributed by atoms with E-state index >= 15 is 0 Å². The van der Waals surface area contributed by atoms with Gasteiger partial charge in [-0.05, 0) is 145 Å². The fourth-order valence-corrected chi connectivity index (χ4v) is 8.06. The Hall–Kier alpha value is -1.96. The maximum absolute atomic E-state index is 13.8. The van der Waals surface area contributed by atoms with Crippen LogP contribution in [-0.2, 0) is 44.4 Å². The number of ether oxygens (including phenoxy) is 6. The number of alkyl halides is 1. The topological polar surface area (TPSA) is 89.5 Å². The second-order valence-corrected chi connectivity index (χ2v) is 18.3. The maximum atomic E-state index is 13.8. The minimum Gasteiger partial charge on any atom is -0.460 e. The first-order chi connectivity index (χ1) is 25.4. The molecule has 0 N–H and O–H groups in total. The summed E-state index contributed by atoms with van der Waals surface area (Å²) >= 11 is 6.42. The van der Waals surface area contributed by atoms with E-state index in [1.54, 1.807) is 6.07 Å². The van der Waals surface area contributed by atoms with E-state index in [9.17, 15) is 18.4 Å². The van der Waals surface area contributed by atoms with Crippen LogP contribution in [-0.4, -0.2) is 68.1 Å². The van der Waals surface area contributed by atoms with Gasteiger partial charge in [-0.25, -0.2) is 8.78 Å². The molecule has 12 heteroatoms. The molecule has 4 heterocycles. The number of esters is 2. The van der Waals surface area contributed by atoms with Crippen LogP contribution in [0.5, 0.6) is 0 Å². The van der Waals surface area contributed by atoms with E-state index in [1.165, 1.54) is 30.7 Å². The standard InChI is InChI=1S/C21H29FO4.C15H18BrFO2.C6H11BrO2.2CH4/c1-20(2,3)26-19(23)13-15-12-16(22)4-5-17(15)18-6-7-21(14-25-18)8-10-24-11-9-21;16-13-9-11(17)1-2-12(13)14-3-4-15(10-19-14)5-7-18-8-6-15;1-6(2,3)9-5(8)4-7;;/h4-5,12,18H,6-11,13-14H2,1-3H3;1-2,9,14H,3-8,10H2;4H2,1-3H3;2*1H4. The van der Waals surface area contributed by atoms with Crippen molar-refractivity contribution in [1.82, 2.24) is 0 Å². The number of carbonyl (C=O) groups is 2. The second kappa shape index (κ2) is 22.4. The molecular weight excluding hydrogens is 854 g/mol. The SMILES string of the molecule is C.C.CC(C)(C)OC(=O)CBr.CC(C)(C)OC(=O)Cc1cc(F)ccc1C1CCC2(CCOCC2)CO1.Fc1ccc(C2CCC3(CCOCC3)CO2)c(Br)c1. The van der Waals surface area contributed by atoms with Crippen LogP contribution in [0.25, 0.3) is 0 Å². The molecule has 56 heavy (non-hydrogen) atoms. The lowest BCUT2D eigenvalue weighted by Crippen LogP contribution is -2.38. The number of halogens is 4. The summed E-state index contributed by atoms with van der Waals surface area (Å²) < 4.78 is 61.2. The van der Waals surface area contributed by atoms with Crippen molar-refractivity contribution in [2.45, 2.75) is 138 Å². The Labute approximate surface area is 351 Å². The predicted molar refractivity (Wildman–Crippen MR) is 224 cm³/mol. The van der Waals surface area contributed by atoms with E-state index in [-0.39, 0.29) is 73.4 Å². The molecule has 8 nitrogen and oxygen atoms in total. The van der Waals surface area contributed by atoms with Crippen LogP contribution in [0.4, 0.5) is 8.78 Å². The number of rotatable bonds is 5. The number of hydrogen-bond donors (Lipinski definition) is 0. The molecular formula is C44H66Br2F2O8. The zero-order valence-corrected chi connectivity index (χ0v) is 35.9. The van der Waals surface area contributed by atoms with Crippen LogP contribution in [0.1, 0.15) is 137 Å². The Kier molecular flexibility index (Phi) is 20.1. The molecule has 4 saturated heterocycles. The zero-order valence-electron chi connectivity index (χ0n) is 32.7. The Morgan fingerprint density at radius 1 is 0.696 bits per heavy atom. The lowest BCUT2D eigenvalue weighted by atomic mass is 9.74. The average Bonchev–Trinajstić information content (AvgIpc) is 3.09. The van der Waals surface area contributed by atoms with Crippen LogP contribution in [0.3, 0.4) is 0 Å². The largest absolute Gasteiger partial charge is 0.460 e. The van der Waals surface area contributed by atoms with Gasteiger partial charge in [-0.1, -0.05) is 58.8 Å². The van der Waals surface area contributed by atoms with Crippen LogP contribution in [0.2, 0.25) is 0 Å². The zero-order chi connectivity index (χ0) is 39.6. The molecule has 0 radical (unpaired) electrons. The summed E-state index contributed by atoms with van der Waals surface area (Å²) in [6.07, 6.45) is 8.45. The van der Waals surface area contributed by atoms with Crippen molar-refractivity contribution in [3.8, 4) is 0 Å². The first-order valence-corrected chi connectivity index (χ1v) is 20.9. The van der Waals surface area contributed by atoms with Crippen molar-refractivity contribution in [2.24, 2.45) is 10.8 Å². The fourth-order valence-electron chi connectivity index (χ4n) is 7.33. The number of carbonyl (C=O) groups excluding carboxylic acids is 2. The third kappa shape index (κ3) is 16.0. The normalized spacial score (nSPS) is 21.5. The highest BCUT2D eigenvalue weighted by molar-refractivity contribution is 9.10. The van der Waals surface area contributed by atoms with Crippen molar-refractivity contribution in [3.63, 3.8) is 0 Å². The van der Waals surface area contributed by atoms with E-state index in [2.05, 4.69) is 31.9 Å². The molecule has 4 aliphatic rings. The van der Waals surface area contributed by atoms with Gasteiger partial charge in [0.2, 0.25) is 0 Å². The quantitative estimate of drug-likeness (QED) is 0.216. The van der Waals surface area contributed by atoms with Crippen molar-refractivity contribution in [3.05, 3.63) is 69.2 Å². The van der Waals surface area contributed by atoms with Gasteiger partial charge in [0.25, 0.3) is 0 Å². The van der Waals surface area contributed by atoms with E-state index in [0.717, 1.165) is 93.6 Å². The highest BCUT2D eigenvalue weighted by atomic mass is 79.9. The van der Waals surface area contributed by atoms with Gasteiger partial charge >= 0.3 is 11.9 Å². The molecule has 2 atom stereocenters. The lowest BCUT2D eigenvalue weighted by Gasteiger charge is -2.43. The lowest BCUT2D eigenvalue weighted by molar-refractivity contribution is -0.154. The highest BCUT2D eigenvalue weighted by Gasteiger charge is 2.39. The summed E-state index contributed by atoms with van der Waals surface area (Å²) in [7, 11) is 0. The number of hydrogen-bond acceptors (Lipinski definition) is 8. The van der Waals surface area contributed by atoms with Gasteiger partial charge in [0.1, 0.15) is 28.2 Å². The highest BCUT2D eigenvalue weighted by Crippen LogP contribution is 2.46. The summed E-state index contributed by atoms with van der Waals surface area (Å²) in [5.41, 5.74) is 2.25. The number of benzene rings is 2. The molecule has 0 amide bonds. The molecule has 0 aromatic heterocycles. The summed E-state index contributed by atoms with van der Waals surface area (Å²) in [4.78, 5) is 22.8. The monoisotopic (exact) mass is 918 g/mol. The van der Waals surface area contributed by atoms with E-state index < -0.39 is 5.60 Å². The van der Waals surface area contributed by atoms with Gasteiger partial charge in [0, 0.05) is 30.9 Å². The summed E-state index contributed by atoms with van der Waals surface area (Å²) in [6, 6.07) is 9.46. The smallest absolute Gasteiger partial charge is 0.317 e. The van der Waals surface area contributed by atoms with Gasteiger partial charge in [-0.15, -0.1) is 0 Å². The van der Waals surface area contributed by atoms with E-state index in [4.69, 9.17) is 28.4 Å².